The fraction of sp³-hybridized carbons (Fsp3) is 0.364. The number of carbonyl (C=O) groups is 2. The number of benzene rings is 2. The lowest BCUT2D eigenvalue weighted by Gasteiger charge is -2.37. The number of hydrogen-bond donors (Lipinski definition) is 1. The molecule has 0 aliphatic carbocycles. The van der Waals surface area contributed by atoms with Gasteiger partial charge in [-0.25, -0.2) is 4.39 Å². The monoisotopic (exact) mass is 435 g/mol. The third kappa shape index (κ3) is 4.71. The van der Waals surface area contributed by atoms with E-state index in [1.807, 2.05) is 0 Å². The van der Waals surface area contributed by atoms with Crippen molar-refractivity contribution in [2.75, 3.05) is 26.2 Å². The predicted octanol–water partition coefficient (Wildman–Crippen LogP) is 3.17. The molecule has 2 aromatic carbocycles. The van der Waals surface area contributed by atoms with Crippen molar-refractivity contribution < 1.29 is 27.2 Å². The fourth-order valence-electron chi connectivity index (χ4n) is 4.21. The van der Waals surface area contributed by atoms with Gasteiger partial charge in [0.1, 0.15) is 5.82 Å². The van der Waals surface area contributed by atoms with Crippen LogP contribution >= 0.6 is 0 Å². The lowest BCUT2D eigenvalue weighted by atomic mass is 10.1. The van der Waals surface area contributed by atoms with Crippen LogP contribution < -0.4 is 5.32 Å². The van der Waals surface area contributed by atoms with Crippen molar-refractivity contribution >= 4 is 11.8 Å². The summed E-state index contributed by atoms with van der Waals surface area (Å²) in [5, 5.41) is 2.82. The first kappa shape index (κ1) is 21.3. The molecule has 2 fully saturated rings. The largest absolute Gasteiger partial charge is 0.416 e. The molecule has 0 aromatic heterocycles. The van der Waals surface area contributed by atoms with Gasteiger partial charge in [0.15, 0.2) is 0 Å². The normalized spacial score (nSPS) is 21.6. The van der Waals surface area contributed by atoms with Gasteiger partial charge in [0.05, 0.1) is 5.56 Å². The van der Waals surface area contributed by atoms with Gasteiger partial charge < -0.3 is 10.2 Å². The van der Waals surface area contributed by atoms with Crippen molar-refractivity contribution in [3.8, 4) is 0 Å². The first-order valence-electron chi connectivity index (χ1n) is 9.98. The van der Waals surface area contributed by atoms with Gasteiger partial charge in [-0.15, -0.1) is 0 Å². The minimum Gasteiger partial charge on any atom is -0.348 e. The van der Waals surface area contributed by atoms with Gasteiger partial charge in [0, 0.05) is 49.4 Å². The number of nitrogens with one attached hydrogen (secondary N) is 1. The molecular weight excluding hydrogens is 414 g/mol. The molecule has 2 amide bonds. The number of piperazine rings is 1. The Morgan fingerprint density at radius 3 is 2.42 bits per heavy atom. The van der Waals surface area contributed by atoms with Gasteiger partial charge in [-0.3, -0.25) is 14.5 Å². The van der Waals surface area contributed by atoms with Crippen LogP contribution in [-0.2, 0) is 6.18 Å². The van der Waals surface area contributed by atoms with Gasteiger partial charge in [0.2, 0.25) is 0 Å². The highest BCUT2D eigenvalue weighted by atomic mass is 19.4. The van der Waals surface area contributed by atoms with Crippen molar-refractivity contribution in [2.45, 2.75) is 24.7 Å². The number of amides is 2. The molecule has 0 spiro atoms. The van der Waals surface area contributed by atoms with Crippen molar-refractivity contribution in [2.24, 2.45) is 0 Å². The molecule has 2 unspecified atom stereocenters. The number of fused-ring (bicyclic) bond motifs is 1. The van der Waals surface area contributed by atoms with Crippen molar-refractivity contribution in [1.29, 1.82) is 0 Å². The van der Waals surface area contributed by atoms with Gasteiger partial charge in [-0.2, -0.15) is 13.2 Å². The lowest BCUT2D eigenvalue weighted by Crippen LogP contribution is -2.52. The molecule has 5 nitrogen and oxygen atoms in total. The third-order valence-electron chi connectivity index (χ3n) is 5.78. The Kier molecular flexibility index (Phi) is 5.70. The minimum atomic E-state index is -4.51. The summed E-state index contributed by atoms with van der Waals surface area (Å²) in [5.41, 5.74) is -0.478. The molecule has 2 aromatic rings. The van der Waals surface area contributed by atoms with E-state index < -0.39 is 23.5 Å². The lowest BCUT2D eigenvalue weighted by molar-refractivity contribution is -0.137. The second-order valence-corrected chi connectivity index (χ2v) is 7.89. The van der Waals surface area contributed by atoms with E-state index in [1.54, 1.807) is 4.90 Å². The van der Waals surface area contributed by atoms with Crippen molar-refractivity contribution in [3.05, 3.63) is 71.0 Å². The molecule has 1 N–H and O–H groups in total. The molecule has 0 saturated carbocycles. The Balaban J connectivity index is 1.36. The molecule has 2 atom stereocenters. The summed E-state index contributed by atoms with van der Waals surface area (Å²) >= 11 is 0. The van der Waals surface area contributed by atoms with E-state index in [4.69, 9.17) is 0 Å². The summed E-state index contributed by atoms with van der Waals surface area (Å²) in [6.07, 6.45) is -3.91. The van der Waals surface area contributed by atoms with Crippen LogP contribution in [0.25, 0.3) is 0 Å². The third-order valence-corrected chi connectivity index (χ3v) is 5.78. The number of rotatable bonds is 3. The molecule has 2 aliphatic heterocycles. The zero-order chi connectivity index (χ0) is 22.2. The van der Waals surface area contributed by atoms with Gasteiger partial charge >= 0.3 is 6.18 Å². The molecule has 0 radical (unpaired) electrons. The Bertz CT molecular complexity index is 977. The number of alkyl halides is 3. The standard InChI is InChI=1S/C22H21F4N3O2/c23-17-6-4-14(5-7-17)21(31)29-9-8-28-12-18(11-19(28)13-29)27-20(30)15-2-1-3-16(10-15)22(24,25)26/h1-7,10,18-19H,8-9,11-13H2,(H,27,30). The smallest absolute Gasteiger partial charge is 0.348 e. The second kappa shape index (κ2) is 8.30. The fourth-order valence-corrected chi connectivity index (χ4v) is 4.21. The van der Waals surface area contributed by atoms with Crippen LogP contribution in [0.2, 0.25) is 0 Å². The number of nitrogens with zero attached hydrogens (tertiary/aromatic N) is 2. The maximum absolute atomic E-state index is 13.1. The highest BCUT2D eigenvalue weighted by molar-refractivity contribution is 5.95. The average molecular weight is 435 g/mol. The molecule has 2 heterocycles. The zero-order valence-electron chi connectivity index (χ0n) is 16.5. The maximum Gasteiger partial charge on any atom is 0.416 e. The minimum absolute atomic E-state index is 0.0344. The molecule has 2 aliphatic rings. The summed E-state index contributed by atoms with van der Waals surface area (Å²) in [6, 6.07) is 9.59. The van der Waals surface area contributed by atoms with Crippen LogP contribution in [0.5, 0.6) is 0 Å². The number of hydrogen-bond acceptors (Lipinski definition) is 3. The summed E-state index contributed by atoms with van der Waals surface area (Å²) < 4.78 is 51.8. The number of carbonyl (C=O) groups excluding carboxylic acids is 2. The van der Waals surface area contributed by atoms with Crippen LogP contribution in [-0.4, -0.2) is 59.9 Å². The van der Waals surface area contributed by atoms with Gasteiger partial charge in [0.25, 0.3) is 11.8 Å². The van der Waals surface area contributed by atoms with Crippen LogP contribution in [0, 0.1) is 5.82 Å². The summed E-state index contributed by atoms with van der Waals surface area (Å²) in [4.78, 5) is 29.0. The highest BCUT2D eigenvalue weighted by Crippen LogP contribution is 2.30. The summed E-state index contributed by atoms with van der Waals surface area (Å²) in [6.45, 7) is 2.20. The first-order valence-corrected chi connectivity index (χ1v) is 9.98. The molecule has 0 bridgehead atoms. The quantitative estimate of drug-likeness (QED) is 0.754. The Morgan fingerprint density at radius 1 is 0.968 bits per heavy atom. The van der Waals surface area contributed by atoms with E-state index in [0.29, 0.717) is 38.2 Å². The summed E-state index contributed by atoms with van der Waals surface area (Å²) in [7, 11) is 0. The van der Waals surface area contributed by atoms with E-state index in [0.717, 1.165) is 12.1 Å². The maximum atomic E-state index is 13.1. The number of halogens is 4. The highest BCUT2D eigenvalue weighted by Gasteiger charge is 2.38. The van der Waals surface area contributed by atoms with Gasteiger partial charge in [-0.1, -0.05) is 6.07 Å². The predicted molar refractivity (Wildman–Crippen MR) is 105 cm³/mol. The molecule has 2 saturated heterocycles. The van der Waals surface area contributed by atoms with E-state index >= 15 is 0 Å². The van der Waals surface area contributed by atoms with E-state index in [2.05, 4.69) is 10.2 Å². The van der Waals surface area contributed by atoms with Gasteiger partial charge in [-0.05, 0) is 48.9 Å². The van der Waals surface area contributed by atoms with Crippen LogP contribution in [0.1, 0.15) is 32.7 Å². The van der Waals surface area contributed by atoms with Crippen LogP contribution in [0.3, 0.4) is 0 Å². The van der Waals surface area contributed by atoms with E-state index in [-0.39, 0.29) is 23.6 Å². The molecule has 31 heavy (non-hydrogen) atoms. The average Bonchev–Trinajstić information content (AvgIpc) is 3.14. The molecule has 9 heteroatoms. The molecular formula is C22H21F4N3O2. The first-order chi connectivity index (χ1) is 14.7. The molecule has 4 rings (SSSR count). The zero-order valence-corrected chi connectivity index (χ0v) is 16.5. The van der Waals surface area contributed by atoms with E-state index in [1.165, 1.54) is 36.4 Å². The van der Waals surface area contributed by atoms with Crippen LogP contribution in [0.15, 0.2) is 48.5 Å². The SMILES string of the molecule is O=C(NC1CC2CN(C(=O)c3ccc(F)cc3)CCN2C1)c1cccc(C(F)(F)F)c1. The second-order valence-electron chi connectivity index (χ2n) is 7.89. The molecule has 164 valence electrons. The topological polar surface area (TPSA) is 52.7 Å². The van der Waals surface area contributed by atoms with E-state index in [9.17, 15) is 27.2 Å². The summed E-state index contributed by atoms with van der Waals surface area (Å²) in [5.74, 6) is -1.12. The Labute approximate surface area is 176 Å². The Morgan fingerprint density at radius 2 is 1.71 bits per heavy atom. The van der Waals surface area contributed by atoms with Crippen molar-refractivity contribution in [3.63, 3.8) is 0 Å². The van der Waals surface area contributed by atoms with Crippen LogP contribution in [0.4, 0.5) is 17.6 Å². The van der Waals surface area contributed by atoms with Crippen molar-refractivity contribution in [1.82, 2.24) is 15.1 Å². The Hall–Kier alpha value is -2.94.